The van der Waals surface area contributed by atoms with Gasteiger partial charge in [-0.25, -0.2) is 0 Å². The maximum Gasteiger partial charge on any atom is 0.185 e. The predicted molar refractivity (Wildman–Crippen MR) is 62.7 cm³/mol. The molecule has 16 heavy (non-hydrogen) atoms. The summed E-state index contributed by atoms with van der Waals surface area (Å²) in [4.78, 5) is 0. The van der Waals surface area contributed by atoms with E-state index in [0.717, 1.165) is 28.7 Å². The number of aromatic nitrogens is 4. The Morgan fingerprint density at radius 2 is 1.94 bits per heavy atom. The average molecular weight is 233 g/mol. The zero-order valence-corrected chi connectivity index (χ0v) is 9.44. The van der Waals surface area contributed by atoms with E-state index < -0.39 is 0 Å². The fourth-order valence-electron chi connectivity index (χ4n) is 1.81. The predicted octanol–water partition coefficient (Wildman–Crippen LogP) is 2.49. The molecule has 0 radical (unpaired) electrons. The van der Waals surface area contributed by atoms with Crippen LogP contribution in [0.15, 0.2) is 24.3 Å². The third-order valence-electron chi connectivity index (χ3n) is 2.60. The highest BCUT2D eigenvalue weighted by Gasteiger charge is 2.11. The lowest BCUT2D eigenvalue weighted by Gasteiger charge is -2.02. The van der Waals surface area contributed by atoms with E-state index in [9.17, 15) is 0 Å². The van der Waals surface area contributed by atoms with Crippen LogP contribution in [0.4, 0.5) is 0 Å². The Morgan fingerprint density at radius 3 is 2.69 bits per heavy atom. The van der Waals surface area contributed by atoms with Crippen molar-refractivity contribution >= 4 is 28.0 Å². The Morgan fingerprint density at radius 1 is 1.19 bits per heavy atom. The molecule has 3 rings (SSSR count). The largest absolute Gasteiger partial charge is 0.195 e. The number of hydrogen-bond donors (Lipinski definition) is 0. The molecule has 0 aliphatic carbocycles. The molecule has 0 aliphatic heterocycles. The van der Waals surface area contributed by atoms with Crippen molar-refractivity contribution in [3.63, 3.8) is 0 Å². The van der Waals surface area contributed by atoms with E-state index in [1.54, 1.807) is 4.52 Å². The summed E-state index contributed by atoms with van der Waals surface area (Å²) >= 11 is 6.13. The van der Waals surface area contributed by atoms with Gasteiger partial charge in [0, 0.05) is 17.2 Å². The number of nitrogens with zero attached hydrogens (tertiary/aromatic N) is 4. The maximum absolute atomic E-state index is 6.13. The maximum atomic E-state index is 6.13. The van der Waals surface area contributed by atoms with Crippen molar-refractivity contribution in [3.8, 4) is 0 Å². The molecule has 0 atom stereocenters. The first-order valence-electron chi connectivity index (χ1n) is 5.10. The summed E-state index contributed by atoms with van der Waals surface area (Å²) in [5.41, 5.74) is 0.761. The van der Waals surface area contributed by atoms with E-state index in [0.29, 0.717) is 5.15 Å². The Kier molecular flexibility index (Phi) is 2.04. The van der Waals surface area contributed by atoms with Crippen LogP contribution in [-0.2, 0) is 6.42 Å². The number of rotatable bonds is 1. The average Bonchev–Trinajstić information content (AvgIpc) is 2.72. The minimum atomic E-state index is 0.484. The lowest BCUT2D eigenvalue weighted by molar-refractivity contribution is 0.827. The Bertz CT molecular complexity index is 674. The lowest BCUT2D eigenvalue weighted by atomic mass is 10.2. The molecular formula is C11H9ClN4. The van der Waals surface area contributed by atoms with Crippen LogP contribution in [-0.4, -0.2) is 19.8 Å². The second-order valence-electron chi connectivity index (χ2n) is 3.54. The molecule has 1 aromatic carbocycles. The van der Waals surface area contributed by atoms with E-state index in [1.165, 1.54) is 0 Å². The monoisotopic (exact) mass is 232 g/mol. The van der Waals surface area contributed by atoms with E-state index in [-0.39, 0.29) is 0 Å². The fraction of sp³-hybridized carbons (Fsp3) is 0.182. The smallest absolute Gasteiger partial charge is 0.185 e. The molecule has 0 aliphatic rings. The van der Waals surface area contributed by atoms with Crippen LogP contribution in [0.1, 0.15) is 12.7 Å². The highest BCUT2D eigenvalue weighted by atomic mass is 35.5. The van der Waals surface area contributed by atoms with Gasteiger partial charge in [-0.15, -0.1) is 10.2 Å². The highest BCUT2D eigenvalue weighted by Crippen LogP contribution is 2.24. The second-order valence-corrected chi connectivity index (χ2v) is 3.90. The van der Waals surface area contributed by atoms with Gasteiger partial charge in [0.05, 0.1) is 0 Å². The van der Waals surface area contributed by atoms with Gasteiger partial charge in [-0.3, -0.25) is 0 Å². The lowest BCUT2D eigenvalue weighted by Crippen LogP contribution is -1.98. The van der Waals surface area contributed by atoms with Crippen molar-refractivity contribution in [2.75, 3.05) is 0 Å². The summed E-state index contributed by atoms with van der Waals surface area (Å²) in [5.74, 6) is 0.822. The molecule has 0 unspecified atom stereocenters. The number of halogens is 1. The minimum absolute atomic E-state index is 0.484. The van der Waals surface area contributed by atoms with E-state index in [4.69, 9.17) is 11.6 Å². The van der Waals surface area contributed by atoms with Gasteiger partial charge in [-0.05, 0) is 0 Å². The SMILES string of the molecule is CCc1nnc2c3ccccc3c(Cl)nn12. The van der Waals surface area contributed by atoms with Crippen LogP contribution in [0.25, 0.3) is 16.4 Å². The molecule has 0 spiro atoms. The van der Waals surface area contributed by atoms with Crippen LogP contribution < -0.4 is 0 Å². The first-order valence-corrected chi connectivity index (χ1v) is 5.47. The third kappa shape index (κ3) is 1.20. The van der Waals surface area contributed by atoms with Gasteiger partial charge in [0.2, 0.25) is 0 Å². The molecule has 80 valence electrons. The number of aryl methyl sites for hydroxylation is 1. The number of fused-ring (bicyclic) bond motifs is 3. The van der Waals surface area contributed by atoms with Crippen molar-refractivity contribution in [1.29, 1.82) is 0 Å². The number of hydrogen-bond acceptors (Lipinski definition) is 3. The Labute approximate surface area is 96.9 Å². The molecule has 0 N–H and O–H groups in total. The molecule has 3 aromatic rings. The summed E-state index contributed by atoms with van der Waals surface area (Å²) in [7, 11) is 0. The minimum Gasteiger partial charge on any atom is -0.195 e. The Hall–Kier alpha value is -1.68. The van der Waals surface area contributed by atoms with Crippen LogP contribution >= 0.6 is 11.6 Å². The second kappa shape index (κ2) is 3.42. The molecule has 0 saturated heterocycles. The summed E-state index contributed by atoms with van der Waals surface area (Å²) in [6, 6.07) is 7.81. The van der Waals surface area contributed by atoms with Crippen molar-refractivity contribution in [1.82, 2.24) is 19.8 Å². The zero-order chi connectivity index (χ0) is 11.1. The molecule has 0 amide bonds. The highest BCUT2D eigenvalue weighted by molar-refractivity contribution is 6.34. The van der Waals surface area contributed by atoms with Crippen molar-refractivity contribution in [2.45, 2.75) is 13.3 Å². The van der Waals surface area contributed by atoms with Crippen molar-refractivity contribution < 1.29 is 0 Å². The summed E-state index contributed by atoms with van der Waals surface area (Å²) < 4.78 is 1.71. The Balaban J connectivity index is 2.55. The summed E-state index contributed by atoms with van der Waals surface area (Å²) in [6.07, 6.45) is 0.781. The van der Waals surface area contributed by atoms with Gasteiger partial charge in [0.25, 0.3) is 0 Å². The normalized spacial score (nSPS) is 11.4. The summed E-state index contributed by atoms with van der Waals surface area (Å²) in [5, 5.41) is 14.9. The fourth-order valence-corrected chi connectivity index (χ4v) is 2.05. The molecule has 4 nitrogen and oxygen atoms in total. The molecule has 5 heteroatoms. The molecule has 2 aromatic heterocycles. The summed E-state index contributed by atoms with van der Waals surface area (Å²) in [6.45, 7) is 2.02. The van der Waals surface area contributed by atoms with E-state index in [1.807, 2.05) is 31.2 Å². The van der Waals surface area contributed by atoms with Gasteiger partial charge in [0.15, 0.2) is 16.6 Å². The van der Waals surface area contributed by atoms with E-state index >= 15 is 0 Å². The van der Waals surface area contributed by atoms with E-state index in [2.05, 4.69) is 15.3 Å². The van der Waals surface area contributed by atoms with Gasteiger partial charge in [0.1, 0.15) is 0 Å². The zero-order valence-electron chi connectivity index (χ0n) is 8.68. The van der Waals surface area contributed by atoms with Crippen LogP contribution in [0.5, 0.6) is 0 Å². The molecule has 0 fully saturated rings. The van der Waals surface area contributed by atoms with Crippen LogP contribution in [0.2, 0.25) is 5.15 Å². The van der Waals surface area contributed by atoms with Crippen LogP contribution in [0, 0.1) is 0 Å². The molecule has 0 saturated carbocycles. The standard InChI is InChI=1S/C11H9ClN4/c1-2-9-13-14-11-8-6-4-3-5-7(8)10(12)15-16(9)11/h3-6H,2H2,1H3. The van der Waals surface area contributed by atoms with Gasteiger partial charge >= 0.3 is 0 Å². The van der Waals surface area contributed by atoms with Crippen LogP contribution in [0.3, 0.4) is 0 Å². The quantitative estimate of drug-likeness (QED) is 0.648. The number of benzene rings is 1. The van der Waals surface area contributed by atoms with Gasteiger partial charge < -0.3 is 0 Å². The molecular weight excluding hydrogens is 224 g/mol. The van der Waals surface area contributed by atoms with Crippen molar-refractivity contribution in [3.05, 3.63) is 35.2 Å². The first kappa shape index (κ1) is 9.54. The third-order valence-corrected chi connectivity index (χ3v) is 2.88. The topological polar surface area (TPSA) is 43.1 Å². The van der Waals surface area contributed by atoms with Gasteiger partial charge in [-0.1, -0.05) is 42.8 Å². The molecule has 2 heterocycles. The first-order chi connectivity index (χ1) is 7.81. The van der Waals surface area contributed by atoms with Gasteiger partial charge in [-0.2, -0.15) is 9.61 Å². The molecule has 0 bridgehead atoms. The van der Waals surface area contributed by atoms with Crippen molar-refractivity contribution in [2.24, 2.45) is 0 Å².